The summed E-state index contributed by atoms with van der Waals surface area (Å²) in [5.41, 5.74) is 10.2. The van der Waals surface area contributed by atoms with Crippen LogP contribution >= 0.6 is 0 Å². The second-order valence-corrected chi connectivity index (χ2v) is 4.50. The fourth-order valence-electron chi connectivity index (χ4n) is 2.06. The van der Waals surface area contributed by atoms with E-state index in [0.29, 0.717) is 5.69 Å². The van der Waals surface area contributed by atoms with Gasteiger partial charge < -0.3 is 15.4 Å². The van der Waals surface area contributed by atoms with Crippen molar-refractivity contribution in [3.63, 3.8) is 0 Å². The number of methoxy groups -OCH3 is 1. The van der Waals surface area contributed by atoms with Crippen LogP contribution < -0.4 is 15.4 Å². The Hall–Kier alpha value is -2.16. The Morgan fingerprint density at radius 3 is 2.32 bits per heavy atom. The average molecular weight is 256 g/mol. The fraction of sp³-hybridized carbons (Fsp3) is 0.250. The number of nitrogens with two attached hydrogens (primary N) is 1. The lowest BCUT2D eigenvalue weighted by molar-refractivity contribution is 0.415. The van der Waals surface area contributed by atoms with Crippen LogP contribution in [0.2, 0.25) is 0 Å². The molecule has 0 aromatic heterocycles. The van der Waals surface area contributed by atoms with E-state index < -0.39 is 0 Å². The molecule has 0 fully saturated rings. The van der Waals surface area contributed by atoms with Crippen LogP contribution in [0.15, 0.2) is 42.5 Å². The second kappa shape index (κ2) is 5.65. The van der Waals surface area contributed by atoms with Gasteiger partial charge in [0.1, 0.15) is 5.75 Å². The highest BCUT2D eigenvalue weighted by Crippen LogP contribution is 2.31. The standard InChI is InChI=1S/C16H20N2O/c1-4-12-5-7-13(8-6-12)18(2)16-10-9-14(19-3)11-15(16)17/h5-11H,4,17H2,1-3H3. The Balaban J connectivity index is 2.29. The molecule has 0 aliphatic rings. The van der Waals surface area contributed by atoms with E-state index in [2.05, 4.69) is 36.1 Å². The van der Waals surface area contributed by atoms with E-state index in [1.54, 1.807) is 7.11 Å². The number of anilines is 3. The lowest BCUT2D eigenvalue weighted by Crippen LogP contribution is -2.11. The summed E-state index contributed by atoms with van der Waals surface area (Å²) in [5, 5.41) is 0. The van der Waals surface area contributed by atoms with Crippen molar-refractivity contribution in [1.82, 2.24) is 0 Å². The summed E-state index contributed by atoms with van der Waals surface area (Å²) in [4.78, 5) is 2.08. The van der Waals surface area contributed by atoms with Crippen molar-refractivity contribution < 1.29 is 4.74 Å². The van der Waals surface area contributed by atoms with Crippen LogP contribution in [0, 0.1) is 0 Å². The quantitative estimate of drug-likeness (QED) is 0.849. The first-order valence-corrected chi connectivity index (χ1v) is 6.42. The molecule has 0 radical (unpaired) electrons. The summed E-state index contributed by atoms with van der Waals surface area (Å²) >= 11 is 0. The molecule has 2 rings (SSSR count). The fourth-order valence-corrected chi connectivity index (χ4v) is 2.06. The highest BCUT2D eigenvalue weighted by Gasteiger charge is 2.08. The van der Waals surface area contributed by atoms with Crippen molar-refractivity contribution in [3.05, 3.63) is 48.0 Å². The van der Waals surface area contributed by atoms with Gasteiger partial charge in [-0.1, -0.05) is 19.1 Å². The monoisotopic (exact) mass is 256 g/mol. The van der Waals surface area contributed by atoms with Crippen LogP contribution in [0.4, 0.5) is 17.1 Å². The summed E-state index contributed by atoms with van der Waals surface area (Å²) in [7, 11) is 3.65. The van der Waals surface area contributed by atoms with Gasteiger partial charge in [0.25, 0.3) is 0 Å². The number of benzene rings is 2. The zero-order valence-corrected chi connectivity index (χ0v) is 11.7. The van der Waals surface area contributed by atoms with Crippen molar-refractivity contribution in [1.29, 1.82) is 0 Å². The van der Waals surface area contributed by atoms with Crippen LogP contribution in [0.25, 0.3) is 0 Å². The van der Waals surface area contributed by atoms with Crippen molar-refractivity contribution in [2.45, 2.75) is 13.3 Å². The van der Waals surface area contributed by atoms with Gasteiger partial charge >= 0.3 is 0 Å². The molecule has 3 heteroatoms. The summed E-state index contributed by atoms with van der Waals surface area (Å²) < 4.78 is 5.17. The van der Waals surface area contributed by atoms with E-state index in [0.717, 1.165) is 23.5 Å². The molecule has 100 valence electrons. The summed E-state index contributed by atoms with van der Waals surface area (Å²) in [6, 6.07) is 14.2. The van der Waals surface area contributed by atoms with Gasteiger partial charge in [-0.25, -0.2) is 0 Å². The van der Waals surface area contributed by atoms with E-state index in [4.69, 9.17) is 10.5 Å². The third-order valence-corrected chi connectivity index (χ3v) is 3.33. The average Bonchev–Trinajstić information content (AvgIpc) is 2.46. The molecule has 0 heterocycles. The third-order valence-electron chi connectivity index (χ3n) is 3.33. The summed E-state index contributed by atoms with van der Waals surface area (Å²) in [6.07, 6.45) is 1.05. The molecule has 0 saturated heterocycles. The van der Waals surface area contributed by atoms with Gasteiger partial charge in [-0.2, -0.15) is 0 Å². The molecule has 0 amide bonds. The van der Waals surface area contributed by atoms with Crippen molar-refractivity contribution >= 4 is 17.1 Å². The van der Waals surface area contributed by atoms with Gasteiger partial charge in [0.15, 0.2) is 0 Å². The van der Waals surface area contributed by atoms with Crippen molar-refractivity contribution in [3.8, 4) is 5.75 Å². The van der Waals surface area contributed by atoms with Gasteiger partial charge in [0.2, 0.25) is 0 Å². The minimum atomic E-state index is 0.710. The number of ether oxygens (including phenoxy) is 1. The van der Waals surface area contributed by atoms with Crippen molar-refractivity contribution in [2.75, 3.05) is 24.8 Å². The molecule has 2 aromatic rings. The highest BCUT2D eigenvalue weighted by molar-refractivity contribution is 5.75. The van der Waals surface area contributed by atoms with Gasteiger partial charge in [0.05, 0.1) is 18.5 Å². The zero-order chi connectivity index (χ0) is 13.8. The Labute approximate surface area is 114 Å². The molecule has 2 N–H and O–H groups in total. The van der Waals surface area contributed by atoms with E-state index in [1.807, 2.05) is 25.2 Å². The van der Waals surface area contributed by atoms with E-state index in [9.17, 15) is 0 Å². The van der Waals surface area contributed by atoms with E-state index in [-0.39, 0.29) is 0 Å². The summed E-state index contributed by atoms with van der Waals surface area (Å²) in [6.45, 7) is 2.15. The number of nitrogens with zero attached hydrogens (tertiary/aromatic N) is 1. The zero-order valence-electron chi connectivity index (χ0n) is 11.7. The molecule has 3 nitrogen and oxygen atoms in total. The normalized spacial score (nSPS) is 10.3. The molecule has 0 bridgehead atoms. The van der Waals surface area contributed by atoms with Crippen LogP contribution in [0.1, 0.15) is 12.5 Å². The van der Waals surface area contributed by atoms with Gasteiger partial charge in [0, 0.05) is 18.8 Å². The Bertz CT molecular complexity index is 549. The maximum Gasteiger partial charge on any atom is 0.121 e. The lowest BCUT2D eigenvalue weighted by Gasteiger charge is -2.22. The number of rotatable bonds is 4. The predicted molar refractivity (Wildman–Crippen MR) is 81.3 cm³/mol. The molecule has 0 unspecified atom stereocenters. The SMILES string of the molecule is CCc1ccc(N(C)c2ccc(OC)cc2N)cc1. The summed E-state index contributed by atoms with van der Waals surface area (Å²) in [5.74, 6) is 0.774. The van der Waals surface area contributed by atoms with Crippen LogP contribution in [-0.4, -0.2) is 14.2 Å². The van der Waals surface area contributed by atoms with Crippen LogP contribution in [-0.2, 0) is 6.42 Å². The number of hydrogen-bond donors (Lipinski definition) is 1. The third kappa shape index (κ3) is 2.81. The number of aryl methyl sites for hydroxylation is 1. The first kappa shape index (κ1) is 13.3. The largest absolute Gasteiger partial charge is 0.497 e. The van der Waals surface area contributed by atoms with Gasteiger partial charge in [-0.15, -0.1) is 0 Å². The first-order chi connectivity index (χ1) is 9.15. The molecule has 0 aliphatic carbocycles. The molecule has 0 spiro atoms. The highest BCUT2D eigenvalue weighted by atomic mass is 16.5. The second-order valence-electron chi connectivity index (χ2n) is 4.50. The molecule has 0 saturated carbocycles. The lowest BCUT2D eigenvalue weighted by atomic mass is 10.1. The van der Waals surface area contributed by atoms with Gasteiger partial charge in [-0.05, 0) is 36.2 Å². The van der Waals surface area contributed by atoms with Crippen LogP contribution in [0.5, 0.6) is 5.75 Å². The van der Waals surface area contributed by atoms with E-state index in [1.165, 1.54) is 5.56 Å². The topological polar surface area (TPSA) is 38.5 Å². The number of hydrogen-bond acceptors (Lipinski definition) is 3. The molecular weight excluding hydrogens is 236 g/mol. The number of nitrogen functional groups attached to an aromatic ring is 1. The van der Waals surface area contributed by atoms with Gasteiger partial charge in [-0.3, -0.25) is 0 Å². The Morgan fingerprint density at radius 1 is 1.11 bits per heavy atom. The smallest absolute Gasteiger partial charge is 0.121 e. The Kier molecular flexibility index (Phi) is 3.95. The first-order valence-electron chi connectivity index (χ1n) is 6.42. The molecule has 2 aromatic carbocycles. The minimum Gasteiger partial charge on any atom is -0.497 e. The minimum absolute atomic E-state index is 0.710. The Morgan fingerprint density at radius 2 is 1.79 bits per heavy atom. The maximum absolute atomic E-state index is 6.07. The molecular formula is C16H20N2O. The molecule has 0 atom stereocenters. The van der Waals surface area contributed by atoms with Crippen molar-refractivity contribution in [2.24, 2.45) is 0 Å². The molecule has 19 heavy (non-hydrogen) atoms. The molecule has 0 aliphatic heterocycles. The maximum atomic E-state index is 6.07. The van der Waals surface area contributed by atoms with E-state index >= 15 is 0 Å². The predicted octanol–water partition coefficient (Wildman–Crippen LogP) is 3.61. The van der Waals surface area contributed by atoms with Crippen LogP contribution in [0.3, 0.4) is 0 Å².